The van der Waals surface area contributed by atoms with Crippen molar-refractivity contribution >= 4 is 0 Å². The lowest BCUT2D eigenvalue weighted by Crippen LogP contribution is -2.19. The molecule has 2 N–H and O–H groups in total. The van der Waals surface area contributed by atoms with Crippen molar-refractivity contribution in [2.24, 2.45) is 5.92 Å². The molecule has 0 aromatic heterocycles. The average Bonchev–Trinajstić information content (AvgIpc) is 2.62. The summed E-state index contributed by atoms with van der Waals surface area (Å²) in [4.78, 5) is 0. The second-order valence-electron chi connectivity index (χ2n) is 4.06. The number of allylic oxidation sites excluding steroid dienone is 4. The summed E-state index contributed by atoms with van der Waals surface area (Å²) < 4.78 is 0. The lowest BCUT2D eigenvalue weighted by atomic mass is 10.1. The van der Waals surface area contributed by atoms with E-state index in [1.807, 2.05) is 7.05 Å². The van der Waals surface area contributed by atoms with Gasteiger partial charge >= 0.3 is 0 Å². The van der Waals surface area contributed by atoms with E-state index in [1.165, 1.54) is 11.3 Å². The van der Waals surface area contributed by atoms with Gasteiger partial charge in [-0.3, -0.25) is 0 Å². The van der Waals surface area contributed by atoms with Crippen LogP contribution in [0.3, 0.4) is 0 Å². The van der Waals surface area contributed by atoms with Crippen molar-refractivity contribution in [1.82, 2.24) is 10.6 Å². The van der Waals surface area contributed by atoms with Gasteiger partial charge in [0.25, 0.3) is 0 Å². The average molecular weight is 192 g/mol. The summed E-state index contributed by atoms with van der Waals surface area (Å²) in [5, 5.41) is 6.50. The van der Waals surface area contributed by atoms with E-state index in [1.54, 1.807) is 0 Å². The van der Waals surface area contributed by atoms with E-state index in [4.69, 9.17) is 0 Å². The van der Waals surface area contributed by atoms with E-state index >= 15 is 0 Å². The molecular formula is C12H20N2. The Hall–Kier alpha value is -1.18. The Morgan fingerprint density at radius 2 is 2.21 bits per heavy atom. The summed E-state index contributed by atoms with van der Waals surface area (Å²) in [6, 6.07) is 0. The fraction of sp³-hybridized carbons (Fsp3) is 0.500. The fourth-order valence-corrected chi connectivity index (χ4v) is 1.34. The zero-order valence-electron chi connectivity index (χ0n) is 9.35. The molecule has 2 nitrogen and oxygen atoms in total. The Morgan fingerprint density at radius 3 is 2.71 bits per heavy atom. The zero-order valence-corrected chi connectivity index (χ0v) is 9.35. The molecule has 0 bridgehead atoms. The molecule has 0 saturated carbocycles. The first-order valence-corrected chi connectivity index (χ1v) is 5.14. The van der Waals surface area contributed by atoms with Crippen molar-refractivity contribution in [3.63, 3.8) is 0 Å². The highest BCUT2D eigenvalue weighted by atomic mass is 14.9. The summed E-state index contributed by atoms with van der Waals surface area (Å²) in [5.41, 5.74) is 3.60. The molecule has 0 radical (unpaired) electrons. The Bertz CT molecular complexity index is 272. The van der Waals surface area contributed by atoms with Crippen molar-refractivity contribution in [1.29, 1.82) is 0 Å². The van der Waals surface area contributed by atoms with Gasteiger partial charge in [0.15, 0.2) is 0 Å². The number of nitrogens with one attached hydrogen (secondary N) is 2. The van der Waals surface area contributed by atoms with Crippen LogP contribution < -0.4 is 10.6 Å². The molecule has 0 saturated heterocycles. The minimum Gasteiger partial charge on any atom is -0.391 e. The Labute approximate surface area is 86.8 Å². The largest absolute Gasteiger partial charge is 0.391 e. The molecule has 0 aromatic rings. The molecule has 2 heteroatoms. The van der Waals surface area contributed by atoms with Gasteiger partial charge in [-0.1, -0.05) is 26.5 Å². The van der Waals surface area contributed by atoms with E-state index < -0.39 is 0 Å². The van der Waals surface area contributed by atoms with Crippen LogP contribution in [-0.4, -0.2) is 13.6 Å². The smallest absolute Gasteiger partial charge is 0.0303 e. The van der Waals surface area contributed by atoms with E-state index in [9.17, 15) is 0 Å². The van der Waals surface area contributed by atoms with Gasteiger partial charge in [-0.25, -0.2) is 0 Å². The maximum Gasteiger partial charge on any atom is 0.0303 e. The normalized spacial score (nSPS) is 15.1. The fourth-order valence-electron chi connectivity index (χ4n) is 1.34. The number of rotatable bonds is 5. The molecule has 1 rings (SSSR count). The number of hydrogen-bond acceptors (Lipinski definition) is 2. The highest BCUT2D eigenvalue weighted by molar-refractivity contribution is 5.40. The second kappa shape index (κ2) is 4.89. The van der Waals surface area contributed by atoms with E-state index in [0.29, 0.717) is 5.92 Å². The molecule has 0 aliphatic heterocycles. The van der Waals surface area contributed by atoms with Crippen molar-refractivity contribution in [2.75, 3.05) is 13.6 Å². The van der Waals surface area contributed by atoms with Gasteiger partial charge in [-0.05, 0) is 17.6 Å². The molecule has 78 valence electrons. The first-order valence-electron chi connectivity index (χ1n) is 5.14. The summed E-state index contributed by atoms with van der Waals surface area (Å²) in [6.07, 6.45) is 5.21. The molecule has 0 unspecified atom stereocenters. The molecule has 0 spiro atoms. The van der Waals surface area contributed by atoms with Crippen LogP contribution in [0.15, 0.2) is 35.7 Å². The molecule has 0 aromatic carbocycles. The maximum absolute atomic E-state index is 4.04. The Balaban J connectivity index is 2.35. The lowest BCUT2D eigenvalue weighted by Gasteiger charge is -2.13. The van der Waals surface area contributed by atoms with Crippen LogP contribution in [0.4, 0.5) is 0 Å². The van der Waals surface area contributed by atoms with Gasteiger partial charge in [0, 0.05) is 31.4 Å². The zero-order chi connectivity index (χ0) is 10.6. The molecular weight excluding hydrogens is 172 g/mol. The van der Waals surface area contributed by atoms with Crippen LogP contribution in [-0.2, 0) is 0 Å². The first kappa shape index (κ1) is 10.9. The summed E-state index contributed by atoms with van der Waals surface area (Å²) in [6.45, 7) is 9.42. The van der Waals surface area contributed by atoms with Crippen LogP contribution in [0.2, 0.25) is 0 Å². The van der Waals surface area contributed by atoms with Gasteiger partial charge in [-0.15, -0.1) is 0 Å². The van der Waals surface area contributed by atoms with Crippen LogP contribution in [0, 0.1) is 5.92 Å². The minimum absolute atomic E-state index is 0.658. The lowest BCUT2D eigenvalue weighted by molar-refractivity contribution is 0.598. The molecule has 0 heterocycles. The quantitative estimate of drug-likeness (QED) is 0.697. The molecule has 0 fully saturated rings. The molecule has 1 aliphatic carbocycles. The SMILES string of the molecule is C=C(NCC(C)C)C1=CC=C(NC)C1. The van der Waals surface area contributed by atoms with Gasteiger partial charge in [-0.2, -0.15) is 0 Å². The minimum atomic E-state index is 0.658. The molecule has 1 aliphatic rings. The predicted molar refractivity (Wildman–Crippen MR) is 61.8 cm³/mol. The molecule has 0 atom stereocenters. The topological polar surface area (TPSA) is 24.1 Å². The van der Waals surface area contributed by atoms with Crippen LogP contribution in [0.1, 0.15) is 20.3 Å². The van der Waals surface area contributed by atoms with E-state index in [0.717, 1.165) is 18.7 Å². The third kappa shape index (κ3) is 2.95. The van der Waals surface area contributed by atoms with Gasteiger partial charge in [0.1, 0.15) is 0 Å². The van der Waals surface area contributed by atoms with Crippen LogP contribution in [0.5, 0.6) is 0 Å². The van der Waals surface area contributed by atoms with Crippen molar-refractivity contribution < 1.29 is 0 Å². The van der Waals surface area contributed by atoms with Gasteiger partial charge < -0.3 is 10.6 Å². The second-order valence-corrected chi connectivity index (χ2v) is 4.06. The van der Waals surface area contributed by atoms with Gasteiger partial charge in [0.05, 0.1) is 0 Å². The monoisotopic (exact) mass is 192 g/mol. The van der Waals surface area contributed by atoms with Gasteiger partial charge in [0.2, 0.25) is 0 Å². The van der Waals surface area contributed by atoms with Crippen molar-refractivity contribution in [3.05, 3.63) is 35.7 Å². The predicted octanol–water partition coefficient (Wildman–Crippen LogP) is 2.18. The third-order valence-corrected chi connectivity index (χ3v) is 2.30. The maximum atomic E-state index is 4.04. The standard InChI is InChI=1S/C12H20N2/c1-9(2)8-14-10(3)11-5-6-12(7-11)13-4/h5-6,9,13-14H,3,7-8H2,1-2,4H3. The summed E-state index contributed by atoms with van der Waals surface area (Å²) in [5.74, 6) is 0.658. The summed E-state index contributed by atoms with van der Waals surface area (Å²) >= 11 is 0. The van der Waals surface area contributed by atoms with E-state index in [2.05, 4.69) is 43.2 Å². The summed E-state index contributed by atoms with van der Waals surface area (Å²) in [7, 11) is 1.95. The Kier molecular flexibility index (Phi) is 3.81. The van der Waals surface area contributed by atoms with Crippen LogP contribution >= 0.6 is 0 Å². The number of hydrogen-bond donors (Lipinski definition) is 2. The highest BCUT2D eigenvalue weighted by Gasteiger charge is 2.09. The van der Waals surface area contributed by atoms with E-state index in [-0.39, 0.29) is 0 Å². The first-order chi connectivity index (χ1) is 6.63. The Morgan fingerprint density at radius 1 is 1.50 bits per heavy atom. The highest BCUT2D eigenvalue weighted by Crippen LogP contribution is 2.20. The van der Waals surface area contributed by atoms with Crippen molar-refractivity contribution in [3.8, 4) is 0 Å². The molecule has 14 heavy (non-hydrogen) atoms. The molecule has 0 amide bonds. The third-order valence-electron chi connectivity index (χ3n) is 2.30. The van der Waals surface area contributed by atoms with Crippen LogP contribution in [0.25, 0.3) is 0 Å². The van der Waals surface area contributed by atoms with Crippen molar-refractivity contribution in [2.45, 2.75) is 20.3 Å².